The molecule has 88 valence electrons. The van der Waals surface area contributed by atoms with Crippen LogP contribution < -0.4 is 11.3 Å². The van der Waals surface area contributed by atoms with Crippen LogP contribution >= 0.6 is 11.8 Å². The number of guanidine groups is 1. The van der Waals surface area contributed by atoms with Gasteiger partial charge in [0.1, 0.15) is 0 Å². The molecule has 0 aromatic heterocycles. The molecule has 0 saturated carbocycles. The molecule has 1 aliphatic heterocycles. The zero-order valence-electron chi connectivity index (χ0n) is 10.0. The van der Waals surface area contributed by atoms with Gasteiger partial charge in [0.25, 0.3) is 0 Å². The summed E-state index contributed by atoms with van der Waals surface area (Å²) in [6.45, 7) is 10.6. The van der Waals surface area contributed by atoms with Crippen molar-refractivity contribution in [2.24, 2.45) is 10.8 Å². The van der Waals surface area contributed by atoms with Crippen LogP contribution in [-0.4, -0.2) is 40.5 Å². The zero-order valence-corrected chi connectivity index (χ0v) is 10.8. The molecule has 0 aliphatic carbocycles. The third-order valence-corrected chi connectivity index (χ3v) is 3.46. The lowest BCUT2D eigenvalue weighted by Gasteiger charge is -2.36. The topological polar surface area (TPSA) is 53.6 Å². The number of nitrogens with one attached hydrogen (secondary N) is 1. The number of hydrogen-bond donors (Lipinski definition) is 2. The van der Waals surface area contributed by atoms with E-state index in [0.717, 1.165) is 19.0 Å². The first-order chi connectivity index (χ1) is 7.02. The number of thioether (sulfide) groups is 1. The van der Waals surface area contributed by atoms with Crippen LogP contribution in [0.2, 0.25) is 0 Å². The van der Waals surface area contributed by atoms with E-state index >= 15 is 0 Å². The highest BCUT2D eigenvalue weighted by Gasteiger charge is 2.24. The van der Waals surface area contributed by atoms with Crippen molar-refractivity contribution in [3.8, 4) is 0 Å². The van der Waals surface area contributed by atoms with E-state index in [0.29, 0.717) is 10.5 Å². The van der Waals surface area contributed by atoms with Crippen molar-refractivity contribution in [3.63, 3.8) is 0 Å². The van der Waals surface area contributed by atoms with Gasteiger partial charge in [-0.25, -0.2) is 10.8 Å². The van der Waals surface area contributed by atoms with Gasteiger partial charge in [-0.3, -0.25) is 5.43 Å². The first kappa shape index (κ1) is 12.6. The molecule has 1 rings (SSSR count). The minimum atomic E-state index is 0.274. The Morgan fingerprint density at radius 2 is 1.93 bits per heavy atom. The molecule has 0 spiro atoms. The van der Waals surface area contributed by atoms with E-state index in [2.05, 4.69) is 43.0 Å². The Bertz CT molecular complexity index is 219. The number of nitrogens with zero attached hydrogens (tertiary/aromatic N) is 2. The highest BCUT2D eigenvalue weighted by molar-refractivity contribution is 8.00. The quantitative estimate of drug-likeness (QED) is 0.306. The summed E-state index contributed by atoms with van der Waals surface area (Å²) < 4.78 is 0. The minimum absolute atomic E-state index is 0.274. The molecule has 1 fully saturated rings. The first-order valence-electron chi connectivity index (χ1n) is 5.47. The molecule has 0 aromatic carbocycles. The fourth-order valence-electron chi connectivity index (χ4n) is 1.81. The molecule has 2 atom stereocenters. The lowest BCUT2D eigenvalue weighted by atomic mass is 10.3. The average molecular weight is 230 g/mol. The maximum absolute atomic E-state index is 5.51. The van der Waals surface area contributed by atoms with Crippen molar-refractivity contribution in [2.75, 3.05) is 13.1 Å². The summed E-state index contributed by atoms with van der Waals surface area (Å²) in [6, 6.07) is 0.274. The van der Waals surface area contributed by atoms with Crippen LogP contribution in [0.25, 0.3) is 0 Å². The van der Waals surface area contributed by atoms with Crippen molar-refractivity contribution in [1.29, 1.82) is 0 Å². The highest BCUT2D eigenvalue weighted by Crippen LogP contribution is 2.24. The fraction of sp³-hybridized carbons (Fsp3) is 0.900. The fourth-order valence-corrected chi connectivity index (χ4v) is 3.13. The molecule has 1 aliphatic rings. The maximum atomic E-state index is 5.51. The standard InChI is InChI=1S/C10H22N4S/c1-7(2)12-10(13-11)14-5-8(3)15-9(4)6-14/h7-9H,5-6,11H2,1-4H3,(H,12,13). The van der Waals surface area contributed by atoms with Crippen LogP contribution in [-0.2, 0) is 0 Å². The monoisotopic (exact) mass is 230 g/mol. The Morgan fingerprint density at radius 1 is 1.40 bits per heavy atom. The average Bonchev–Trinajstić information content (AvgIpc) is 2.12. The van der Waals surface area contributed by atoms with Crippen molar-refractivity contribution < 1.29 is 0 Å². The Kier molecular flexibility index (Phi) is 4.73. The minimum Gasteiger partial charge on any atom is -0.340 e. The predicted octanol–water partition coefficient (Wildman–Crippen LogP) is 1.04. The second-order valence-electron chi connectivity index (χ2n) is 4.35. The summed E-state index contributed by atoms with van der Waals surface area (Å²) in [7, 11) is 0. The molecule has 0 aromatic rings. The van der Waals surface area contributed by atoms with E-state index in [-0.39, 0.29) is 6.04 Å². The Labute approximate surface area is 96.7 Å². The van der Waals surface area contributed by atoms with Crippen molar-refractivity contribution in [3.05, 3.63) is 0 Å². The Morgan fingerprint density at radius 3 is 2.33 bits per heavy atom. The van der Waals surface area contributed by atoms with Gasteiger partial charge in [-0.1, -0.05) is 13.8 Å². The van der Waals surface area contributed by atoms with Gasteiger partial charge in [0.2, 0.25) is 5.96 Å². The Balaban J connectivity index is 2.67. The number of hydrogen-bond acceptors (Lipinski definition) is 3. The van der Waals surface area contributed by atoms with Gasteiger partial charge in [0.15, 0.2) is 0 Å². The number of aliphatic imine (C=N–C) groups is 1. The third-order valence-electron chi connectivity index (χ3n) is 2.23. The van der Waals surface area contributed by atoms with Crippen LogP contribution in [0.5, 0.6) is 0 Å². The first-order valence-corrected chi connectivity index (χ1v) is 6.42. The molecular weight excluding hydrogens is 208 g/mol. The van der Waals surface area contributed by atoms with E-state index in [4.69, 9.17) is 5.84 Å². The largest absolute Gasteiger partial charge is 0.340 e. The zero-order chi connectivity index (χ0) is 11.4. The normalized spacial score (nSPS) is 28.4. The lowest BCUT2D eigenvalue weighted by Crippen LogP contribution is -2.51. The van der Waals surface area contributed by atoms with E-state index < -0.39 is 0 Å². The van der Waals surface area contributed by atoms with E-state index in [1.165, 1.54) is 0 Å². The van der Waals surface area contributed by atoms with Crippen molar-refractivity contribution in [2.45, 2.75) is 44.2 Å². The molecule has 4 nitrogen and oxygen atoms in total. The van der Waals surface area contributed by atoms with Gasteiger partial charge in [0, 0.05) is 29.6 Å². The SMILES string of the molecule is CC(C)N=C(NN)N1CC(C)SC(C)C1. The van der Waals surface area contributed by atoms with Crippen LogP contribution in [0, 0.1) is 0 Å². The summed E-state index contributed by atoms with van der Waals surface area (Å²) in [4.78, 5) is 6.73. The predicted molar refractivity (Wildman–Crippen MR) is 68.0 cm³/mol. The number of nitrogens with two attached hydrogens (primary N) is 1. The Hall–Kier alpha value is -0.420. The van der Waals surface area contributed by atoms with E-state index in [9.17, 15) is 0 Å². The lowest BCUT2D eigenvalue weighted by molar-refractivity contribution is 0.393. The molecule has 2 unspecified atom stereocenters. The van der Waals surface area contributed by atoms with Gasteiger partial charge in [-0.2, -0.15) is 11.8 Å². The summed E-state index contributed by atoms with van der Waals surface area (Å²) in [5, 5.41) is 1.28. The molecule has 1 heterocycles. The summed E-state index contributed by atoms with van der Waals surface area (Å²) in [6.07, 6.45) is 0. The smallest absolute Gasteiger partial charge is 0.208 e. The number of hydrazine groups is 1. The van der Waals surface area contributed by atoms with E-state index in [1.807, 2.05) is 11.8 Å². The van der Waals surface area contributed by atoms with Gasteiger partial charge in [0.05, 0.1) is 0 Å². The van der Waals surface area contributed by atoms with Gasteiger partial charge in [-0.05, 0) is 13.8 Å². The van der Waals surface area contributed by atoms with Gasteiger partial charge in [-0.15, -0.1) is 0 Å². The highest BCUT2D eigenvalue weighted by atomic mass is 32.2. The van der Waals surface area contributed by atoms with Crippen molar-refractivity contribution >= 4 is 17.7 Å². The van der Waals surface area contributed by atoms with Crippen LogP contribution in [0.15, 0.2) is 4.99 Å². The summed E-state index contributed by atoms with van der Waals surface area (Å²) in [5.74, 6) is 6.34. The summed E-state index contributed by atoms with van der Waals surface area (Å²) in [5.41, 5.74) is 2.71. The second-order valence-corrected chi connectivity index (χ2v) is 6.23. The molecule has 3 N–H and O–H groups in total. The molecule has 1 saturated heterocycles. The molecule has 0 bridgehead atoms. The molecule has 0 radical (unpaired) electrons. The molecule has 15 heavy (non-hydrogen) atoms. The van der Waals surface area contributed by atoms with Crippen LogP contribution in [0.4, 0.5) is 0 Å². The second kappa shape index (κ2) is 5.61. The molecular formula is C10H22N4S. The van der Waals surface area contributed by atoms with Crippen LogP contribution in [0.3, 0.4) is 0 Å². The van der Waals surface area contributed by atoms with Gasteiger partial charge >= 0.3 is 0 Å². The molecule has 5 heteroatoms. The van der Waals surface area contributed by atoms with Crippen LogP contribution in [0.1, 0.15) is 27.7 Å². The van der Waals surface area contributed by atoms with Gasteiger partial charge < -0.3 is 4.90 Å². The molecule has 0 amide bonds. The maximum Gasteiger partial charge on any atom is 0.208 e. The van der Waals surface area contributed by atoms with Crippen molar-refractivity contribution in [1.82, 2.24) is 10.3 Å². The number of rotatable bonds is 1. The van der Waals surface area contributed by atoms with E-state index in [1.54, 1.807) is 0 Å². The summed E-state index contributed by atoms with van der Waals surface area (Å²) >= 11 is 2.03. The third kappa shape index (κ3) is 3.91.